The molecule has 0 radical (unpaired) electrons. The van der Waals surface area contributed by atoms with Gasteiger partial charge in [0, 0.05) is 17.5 Å². The summed E-state index contributed by atoms with van der Waals surface area (Å²) < 4.78 is 27.4. The van der Waals surface area contributed by atoms with Crippen molar-refractivity contribution in [1.29, 1.82) is 0 Å². The Hall–Kier alpha value is -0.580. The highest BCUT2D eigenvalue weighted by Gasteiger charge is 2.46. The van der Waals surface area contributed by atoms with Gasteiger partial charge in [0.05, 0.1) is 5.75 Å². The number of alkyl halides is 1. The Morgan fingerprint density at radius 3 is 2.33 bits per heavy atom. The molecule has 2 aliphatic heterocycles. The number of hydrogen-bond donors (Lipinski definition) is 0. The summed E-state index contributed by atoms with van der Waals surface area (Å²) in [5.74, 6) is 0.209. The fourth-order valence-corrected chi connectivity index (χ4v) is 6.50. The molecule has 1 aromatic rings. The summed E-state index contributed by atoms with van der Waals surface area (Å²) in [6.07, 6.45) is 3.54. The van der Waals surface area contributed by atoms with Gasteiger partial charge in [-0.1, -0.05) is 37.3 Å². The molecule has 0 aliphatic carbocycles. The normalized spacial score (nSPS) is 31.2. The van der Waals surface area contributed by atoms with E-state index < -0.39 is 10.0 Å². The minimum Gasteiger partial charge on any atom is -0.212 e. The summed E-state index contributed by atoms with van der Waals surface area (Å²) in [5.41, 5.74) is 1.08. The van der Waals surface area contributed by atoms with Crippen LogP contribution in [-0.4, -0.2) is 35.9 Å². The smallest absolute Gasteiger partial charge is 0.212 e. The van der Waals surface area contributed by atoms with Gasteiger partial charge in [-0.15, -0.1) is 11.6 Å². The highest BCUT2D eigenvalue weighted by molar-refractivity contribution is 7.89. The first-order chi connectivity index (χ1) is 9.97. The number of piperidine rings is 1. The Kier molecular flexibility index (Phi) is 4.30. The van der Waals surface area contributed by atoms with Gasteiger partial charge in [-0.3, -0.25) is 0 Å². The van der Waals surface area contributed by atoms with Gasteiger partial charge in [-0.2, -0.15) is 4.31 Å². The fraction of sp³-hybridized carbons (Fsp3) is 0.625. The van der Waals surface area contributed by atoms with Crippen LogP contribution >= 0.6 is 11.6 Å². The number of hydrogen-bond acceptors (Lipinski definition) is 2. The van der Waals surface area contributed by atoms with E-state index in [1.54, 1.807) is 4.31 Å². The molecule has 0 saturated carbocycles. The van der Waals surface area contributed by atoms with Crippen LogP contribution in [0.4, 0.5) is 0 Å². The largest absolute Gasteiger partial charge is 0.215 e. The van der Waals surface area contributed by atoms with Gasteiger partial charge < -0.3 is 0 Å². The molecular formula is C16H22ClNO2S. The second-order valence-electron chi connectivity index (χ2n) is 6.37. The van der Waals surface area contributed by atoms with Crippen LogP contribution in [0.25, 0.3) is 0 Å². The number of nitrogens with zero attached hydrogens (tertiary/aromatic N) is 1. The molecule has 1 aromatic carbocycles. The predicted molar refractivity (Wildman–Crippen MR) is 86.2 cm³/mol. The van der Waals surface area contributed by atoms with E-state index in [2.05, 4.69) is 0 Å². The van der Waals surface area contributed by atoms with E-state index in [1.165, 1.54) is 0 Å². The van der Waals surface area contributed by atoms with Gasteiger partial charge in [0.25, 0.3) is 0 Å². The molecule has 0 aromatic heterocycles. The lowest BCUT2D eigenvalue weighted by molar-refractivity contribution is 0.251. The molecule has 0 spiro atoms. The molecule has 3 nitrogen and oxygen atoms in total. The van der Waals surface area contributed by atoms with Crippen molar-refractivity contribution in [1.82, 2.24) is 4.31 Å². The average molecular weight is 328 g/mol. The number of fused-ring (bicyclic) bond motifs is 2. The van der Waals surface area contributed by atoms with Gasteiger partial charge in [-0.05, 0) is 37.2 Å². The zero-order chi connectivity index (χ0) is 15.0. The van der Waals surface area contributed by atoms with Crippen molar-refractivity contribution < 1.29 is 8.42 Å². The minimum atomic E-state index is -3.22. The van der Waals surface area contributed by atoms with Gasteiger partial charge in [0.15, 0.2) is 0 Å². The van der Waals surface area contributed by atoms with Gasteiger partial charge in [-0.25, -0.2) is 8.42 Å². The van der Waals surface area contributed by atoms with E-state index in [4.69, 9.17) is 11.6 Å². The van der Waals surface area contributed by atoms with E-state index in [-0.39, 0.29) is 29.1 Å². The number of halogens is 1. The SMILES string of the molecule is CC(CS(=O)(=O)N1C2CCC1CC(Cl)C2)c1ccccc1. The summed E-state index contributed by atoms with van der Waals surface area (Å²) in [5, 5.41) is 0.139. The molecule has 2 heterocycles. The van der Waals surface area contributed by atoms with E-state index >= 15 is 0 Å². The van der Waals surface area contributed by atoms with E-state index in [0.717, 1.165) is 31.2 Å². The Labute approximate surface area is 132 Å². The quantitative estimate of drug-likeness (QED) is 0.795. The number of rotatable bonds is 4. The molecule has 0 N–H and O–H groups in total. The molecular weight excluding hydrogens is 306 g/mol. The Morgan fingerprint density at radius 2 is 1.76 bits per heavy atom. The molecule has 2 aliphatic rings. The van der Waals surface area contributed by atoms with E-state index in [1.807, 2.05) is 37.3 Å². The van der Waals surface area contributed by atoms with Gasteiger partial charge >= 0.3 is 0 Å². The Morgan fingerprint density at radius 1 is 1.19 bits per heavy atom. The molecule has 2 saturated heterocycles. The van der Waals surface area contributed by atoms with Crippen molar-refractivity contribution in [3.8, 4) is 0 Å². The third-order valence-electron chi connectivity index (χ3n) is 4.76. The molecule has 2 bridgehead atoms. The molecule has 3 rings (SSSR count). The summed E-state index contributed by atoms with van der Waals surface area (Å²) in [4.78, 5) is 0. The minimum absolute atomic E-state index is 0.0179. The highest BCUT2D eigenvalue weighted by atomic mass is 35.5. The lowest BCUT2D eigenvalue weighted by Gasteiger charge is -2.36. The maximum absolute atomic E-state index is 12.8. The topological polar surface area (TPSA) is 37.4 Å². The van der Waals surface area contributed by atoms with Crippen molar-refractivity contribution in [2.45, 2.75) is 56.0 Å². The second-order valence-corrected chi connectivity index (χ2v) is 8.91. The van der Waals surface area contributed by atoms with Crippen molar-refractivity contribution in [3.05, 3.63) is 35.9 Å². The molecule has 5 heteroatoms. The third-order valence-corrected chi connectivity index (χ3v) is 7.28. The molecule has 3 atom stereocenters. The van der Waals surface area contributed by atoms with Crippen molar-refractivity contribution in [3.63, 3.8) is 0 Å². The standard InChI is InChI=1S/C16H22ClNO2S/c1-12(13-5-3-2-4-6-13)11-21(19,20)18-15-7-8-16(18)10-14(17)9-15/h2-6,12,14-16H,7-11H2,1H3. The summed E-state index contributed by atoms with van der Waals surface area (Å²) in [6, 6.07) is 10.1. The van der Waals surface area contributed by atoms with E-state index in [9.17, 15) is 8.42 Å². The van der Waals surface area contributed by atoms with Gasteiger partial charge in [0.1, 0.15) is 0 Å². The predicted octanol–water partition coefficient (Wildman–Crippen LogP) is 3.35. The molecule has 21 heavy (non-hydrogen) atoms. The average Bonchev–Trinajstić information content (AvgIpc) is 2.73. The Balaban J connectivity index is 1.76. The van der Waals surface area contributed by atoms with Crippen LogP contribution in [0, 0.1) is 0 Å². The maximum atomic E-state index is 12.8. The zero-order valence-corrected chi connectivity index (χ0v) is 13.9. The highest BCUT2D eigenvalue weighted by Crippen LogP contribution is 2.40. The van der Waals surface area contributed by atoms with Crippen LogP contribution in [0.2, 0.25) is 0 Å². The second kappa shape index (κ2) is 5.90. The Bertz CT molecular complexity index is 576. The van der Waals surface area contributed by atoms with Crippen LogP contribution in [0.1, 0.15) is 44.1 Å². The first-order valence-corrected chi connectivity index (χ1v) is 9.72. The maximum Gasteiger partial charge on any atom is 0.215 e. The lowest BCUT2D eigenvalue weighted by atomic mass is 10.0. The van der Waals surface area contributed by atoms with Crippen LogP contribution < -0.4 is 0 Å². The molecule has 116 valence electrons. The zero-order valence-electron chi connectivity index (χ0n) is 12.3. The monoisotopic (exact) mass is 327 g/mol. The summed E-state index contributed by atoms with van der Waals surface area (Å²) in [6.45, 7) is 1.99. The molecule has 2 fully saturated rings. The van der Waals surface area contributed by atoms with Crippen LogP contribution in [0.15, 0.2) is 30.3 Å². The van der Waals surface area contributed by atoms with Crippen LogP contribution in [0.3, 0.4) is 0 Å². The van der Waals surface area contributed by atoms with Crippen LogP contribution in [0.5, 0.6) is 0 Å². The first-order valence-electron chi connectivity index (χ1n) is 7.67. The summed E-state index contributed by atoms with van der Waals surface area (Å²) >= 11 is 6.24. The van der Waals surface area contributed by atoms with Crippen LogP contribution in [-0.2, 0) is 10.0 Å². The number of benzene rings is 1. The molecule has 0 amide bonds. The van der Waals surface area contributed by atoms with Crippen molar-refractivity contribution in [2.24, 2.45) is 0 Å². The lowest BCUT2D eigenvalue weighted by Crippen LogP contribution is -2.48. The summed E-state index contributed by atoms with van der Waals surface area (Å²) in [7, 11) is -3.22. The first kappa shape index (κ1) is 15.3. The van der Waals surface area contributed by atoms with Crippen molar-refractivity contribution in [2.75, 3.05) is 5.75 Å². The fourth-order valence-electron chi connectivity index (χ4n) is 3.80. The van der Waals surface area contributed by atoms with Gasteiger partial charge in [0.2, 0.25) is 10.0 Å². The number of sulfonamides is 1. The third kappa shape index (κ3) is 3.13. The molecule has 3 unspecified atom stereocenters. The van der Waals surface area contributed by atoms with E-state index in [0.29, 0.717) is 0 Å². The van der Waals surface area contributed by atoms with Crippen molar-refractivity contribution >= 4 is 21.6 Å².